The first-order valence-electron chi connectivity index (χ1n) is 7.74. The average molecular weight is 299 g/mol. The molecule has 0 bridgehead atoms. The quantitative estimate of drug-likeness (QED) is 0.316. The fraction of sp³-hybridized carbons (Fsp3) is 0.0476. The van der Waals surface area contributed by atoms with E-state index in [0.717, 1.165) is 27.2 Å². The van der Waals surface area contributed by atoms with Crippen molar-refractivity contribution in [2.24, 2.45) is 0 Å². The van der Waals surface area contributed by atoms with Gasteiger partial charge in [-0.2, -0.15) is 0 Å². The van der Waals surface area contributed by atoms with E-state index in [4.69, 9.17) is 0 Å². The molecule has 110 valence electrons. The van der Waals surface area contributed by atoms with Crippen LogP contribution in [0.25, 0.3) is 38.1 Å². The van der Waals surface area contributed by atoms with Crippen molar-refractivity contribution in [1.29, 1.82) is 0 Å². The van der Waals surface area contributed by atoms with Gasteiger partial charge in [-0.1, -0.05) is 42.0 Å². The zero-order chi connectivity index (χ0) is 15.6. The van der Waals surface area contributed by atoms with Gasteiger partial charge in [-0.15, -0.1) is 0 Å². The fourth-order valence-corrected chi connectivity index (χ4v) is 3.64. The third-order valence-electron chi connectivity index (χ3n) is 4.65. The third-order valence-corrected chi connectivity index (χ3v) is 4.65. The van der Waals surface area contributed by atoms with E-state index in [2.05, 4.69) is 53.8 Å². The normalized spacial score (nSPS) is 11.9. The number of hydrogen-bond donors (Lipinski definition) is 0. The van der Waals surface area contributed by atoms with Gasteiger partial charge < -0.3 is 4.40 Å². The van der Waals surface area contributed by atoms with Crippen LogP contribution in [0.1, 0.15) is 5.56 Å². The summed E-state index contributed by atoms with van der Waals surface area (Å²) in [5, 5.41) is 4.42. The summed E-state index contributed by atoms with van der Waals surface area (Å²) in [5.41, 5.74) is 4.55. The first kappa shape index (κ1) is 12.7. The maximum Gasteiger partial charge on any atom is 0.123 e. The number of aryl methyl sites for hydroxylation is 1. The second-order valence-electron chi connectivity index (χ2n) is 6.13. The molecule has 0 aliphatic carbocycles. The van der Waals surface area contributed by atoms with Crippen LogP contribution in [-0.2, 0) is 0 Å². The maximum absolute atomic E-state index is 13.9. The first-order chi connectivity index (χ1) is 11.2. The van der Waals surface area contributed by atoms with Gasteiger partial charge in [0.15, 0.2) is 0 Å². The molecule has 0 unspecified atom stereocenters. The van der Waals surface area contributed by atoms with E-state index in [9.17, 15) is 4.39 Å². The van der Waals surface area contributed by atoms with E-state index < -0.39 is 0 Å². The zero-order valence-corrected chi connectivity index (χ0v) is 12.7. The molecule has 2 heteroatoms. The Morgan fingerprint density at radius 2 is 1.57 bits per heavy atom. The van der Waals surface area contributed by atoms with Crippen molar-refractivity contribution in [3.63, 3.8) is 0 Å². The minimum atomic E-state index is -0.198. The molecule has 0 saturated carbocycles. The molecule has 0 aliphatic rings. The van der Waals surface area contributed by atoms with Crippen molar-refractivity contribution < 1.29 is 4.39 Å². The van der Waals surface area contributed by atoms with Gasteiger partial charge >= 0.3 is 0 Å². The van der Waals surface area contributed by atoms with E-state index >= 15 is 0 Å². The third kappa shape index (κ3) is 1.66. The monoisotopic (exact) mass is 299 g/mol. The van der Waals surface area contributed by atoms with Crippen LogP contribution in [0.2, 0.25) is 0 Å². The Bertz CT molecular complexity index is 1230. The highest BCUT2D eigenvalue weighted by atomic mass is 19.1. The topological polar surface area (TPSA) is 4.41 Å². The Morgan fingerprint density at radius 3 is 2.48 bits per heavy atom. The number of rotatable bonds is 0. The molecule has 2 aromatic heterocycles. The summed E-state index contributed by atoms with van der Waals surface area (Å²) in [6.45, 7) is 2.07. The summed E-state index contributed by atoms with van der Waals surface area (Å²) in [5.74, 6) is -0.198. The molecule has 0 fully saturated rings. The summed E-state index contributed by atoms with van der Waals surface area (Å²) < 4.78 is 16.1. The highest BCUT2D eigenvalue weighted by molar-refractivity contribution is 6.15. The van der Waals surface area contributed by atoms with Gasteiger partial charge in [-0.3, -0.25) is 0 Å². The van der Waals surface area contributed by atoms with Gasteiger partial charge in [0.2, 0.25) is 0 Å². The van der Waals surface area contributed by atoms with Crippen molar-refractivity contribution in [2.75, 3.05) is 0 Å². The van der Waals surface area contributed by atoms with E-state index in [0.29, 0.717) is 0 Å². The summed E-state index contributed by atoms with van der Waals surface area (Å²) in [4.78, 5) is 0. The van der Waals surface area contributed by atoms with Crippen LogP contribution >= 0.6 is 0 Å². The molecule has 2 heterocycles. The van der Waals surface area contributed by atoms with Gasteiger partial charge in [0.25, 0.3) is 0 Å². The Hall–Kier alpha value is -2.87. The number of hydrogen-bond acceptors (Lipinski definition) is 0. The van der Waals surface area contributed by atoms with E-state index in [-0.39, 0.29) is 5.82 Å². The number of halogens is 1. The molecule has 0 radical (unpaired) electrons. The van der Waals surface area contributed by atoms with Gasteiger partial charge in [0, 0.05) is 16.2 Å². The maximum atomic E-state index is 13.9. The van der Waals surface area contributed by atoms with Gasteiger partial charge in [-0.05, 0) is 42.6 Å². The number of nitrogens with zero attached hydrogens (tertiary/aromatic N) is 1. The summed E-state index contributed by atoms with van der Waals surface area (Å²) in [7, 11) is 0. The second kappa shape index (κ2) is 4.32. The smallest absolute Gasteiger partial charge is 0.123 e. The number of para-hydroxylation sites is 1. The van der Waals surface area contributed by atoms with Gasteiger partial charge in [0.1, 0.15) is 5.82 Å². The number of aromatic nitrogens is 1. The van der Waals surface area contributed by atoms with Gasteiger partial charge in [-0.25, -0.2) is 4.39 Å². The lowest BCUT2D eigenvalue weighted by Gasteiger charge is -2.11. The molecule has 3 aromatic carbocycles. The highest BCUT2D eigenvalue weighted by Gasteiger charge is 2.12. The molecule has 0 aliphatic heterocycles. The van der Waals surface area contributed by atoms with E-state index in [1.54, 1.807) is 6.07 Å². The first-order valence-corrected chi connectivity index (χ1v) is 7.74. The molecule has 0 N–H and O–H groups in total. The molecule has 0 spiro atoms. The number of benzene rings is 3. The van der Waals surface area contributed by atoms with Crippen LogP contribution < -0.4 is 0 Å². The summed E-state index contributed by atoms with van der Waals surface area (Å²) in [6.07, 6.45) is 0. The van der Waals surface area contributed by atoms with Crippen LogP contribution in [0.5, 0.6) is 0 Å². The molecule has 5 aromatic rings. The van der Waals surface area contributed by atoms with E-state index in [1.165, 1.54) is 22.5 Å². The molecular weight excluding hydrogens is 285 g/mol. The highest BCUT2D eigenvalue weighted by Crippen LogP contribution is 2.34. The lowest BCUT2D eigenvalue weighted by Crippen LogP contribution is -1.92. The molecule has 0 saturated heterocycles. The van der Waals surface area contributed by atoms with Crippen molar-refractivity contribution in [2.45, 2.75) is 6.92 Å². The van der Waals surface area contributed by atoms with Crippen LogP contribution in [0.15, 0.2) is 66.7 Å². The van der Waals surface area contributed by atoms with E-state index in [1.807, 2.05) is 12.1 Å². The second-order valence-corrected chi connectivity index (χ2v) is 6.13. The molecule has 23 heavy (non-hydrogen) atoms. The fourth-order valence-electron chi connectivity index (χ4n) is 3.64. The summed E-state index contributed by atoms with van der Waals surface area (Å²) >= 11 is 0. The Morgan fingerprint density at radius 1 is 0.696 bits per heavy atom. The molecule has 1 nitrogen and oxygen atoms in total. The minimum Gasteiger partial charge on any atom is -0.309 e. The van der Waals surface area contributed by atoms with Crippen LogP contribution in [-0.4, -0.2) is 4.40 Å². The SMILES string of the molecule is Cc1ccc2c(c1)c1cc(F)ccc1n1c3ccccc3cc21. The molecule has 0 atom stereocenters. The molecular formula is C21H14FN. The number of pyridine rings is 1. The summed E-state index contributed by atoms with van der Waals surface area (Å²) in [6, 6.07) is 22.0. The minimum absolute atomic E-state index is 0.198. The lowest BCUT2D eigenvalue weighted by molar-refractivity contribution is 0.629. The molecule has 5 rings (SSSR count). The Labute approximate surface area is 132 Å². The van der Waals surface area contributed by atoms with Crippen LogP contribution in [0.4, 0.5) is 4.39 Å². The van der Waals surface area contributed by atoms with Crippen molar-refractivity contribution >= 4 is 38.1 Å². The average Bonchev–Trinajstić information content (AvgIpc) is 2.94. The van der Waals surface area contributed by atoms with Crippen molar-refractivity contribution in [1.82, 2.24) is 4.40 Å². The van der Waals surface area contributed by atoms with Crippen molar-refractivity contribution in [3.05, 3.63) is 78.1 Å². The predicted molar refractivity (Wildman–Crippen MR) is 94.6 cm³/mol. The number of fused-ring (bicyclic) bond motifs is 8. The predicted octanol–water partition coefficient (Wildman–Crippen LogP) is 5.85. The largest absolute Gasteiger partial charge is 0.309 e. The van der Waals surface area contributed by atoms with Crippen molar-refractivity contribution in [3.8, 4) is 0 Å². The Kier molecular flexibility index (Phi) is 2.38. The standard InChI is InChI=1S/C21H14FN/c1-13-6-8-16-17(10-13)18-12-15(22)7-9-20(18)23-19-5-3-2-4-14(19)11-21(16)23/h2-12H,1H3. The Balaban J connectivity index is 2.20. The van der Waals surface area contributed by atoms with Gasteiger partial charge in [0.05, 0.1) is 16.6 Å². The molecule has 0 amide bonds. The zero-order valence-electron chi connectivity index (χ0n) is 12.7. The van der Waals surface area contributed by atoms with Crippen LogP contribution in [0, 0.1) is 12.7 Å². The lowest BCUT2D eigenvalue weighted by atomic mass is 10.0. The van der Waals surface area contributed by atoms with Crippen LogP contribution in [0.3, 0.4) is 0 Å².